The van der Waals surface area contributed by atoms with E-state index in [9.17, 15) is 8.78 Å². The van der Waals surface area contributed by atoms with Crippen molar-refractivity contribution in [3.8, 4) is 0 Å². The van der Waals surface area contributed by atoms with Crippen molar-refractivity contribution < 1.29 is 13.2 Å². The van der Waals surface area contributed by atoms with Crippen molar-refractivity contribution in [2.45, 2.75) is 36.4 Å². The Kier molecular flexibility index (Phi) is 4.60. The van der Waals surface area contributed by atoms with Gasteiger partial charge in [-0.05, 0) is 24.1 Å². The summed E-state index contributed by atoms with van der Waals surface area (Å²) < 4.78 is 29.7. The van der Waals surface area contributed by atoms with E-state index in [2.05, 4.69) is 29.6 Å². The molecule has 1 fully saturated rings. The Bertz CT molecular complexity index is 573. The quantitative estimate of drug-likeness (QED) is 0.821. The summed E-state index contributed by atoms with van der Waals surface area (Å²) in [6, 6.07) is 14.6. The zero-order valence-corrected chi connectivity index (χ0v) is 12.3. The molecular weight excluding hydrogens is 292 g/mol. The van der Waals surface area contributed by atoms with Gasteiger partial charge in [-0.3, -0.25) is 0 Å². The van der Waals surface area contributed by atoms with Crippen molar-refractivity contribution in [3.05, 3.63) is 59.5 Å². The zero-order chi connectivity index (χ0) is 14.7. The third-order valence-electron chi connectivity index (χ3n) is 3.63. The summed E-state index contributed by atoms with van der Waals surface area (Å²) in [6.45, 7) is 0.646. The first-order valence-electron chi connectivity index (χ1n) is 6.98. The summed E-state index contributed by atoms with van der Waals surface area (Å²) in [6.07, 6.45) is 1.14. The zero-order valence-electron chi connectivity index (χ0n) is 11.5. The number of furan rings is 1. The minimum absolute atomic E-state index is 0.216. The van der Waals surface area contributed by atoms with Gasteiger partial charge >= 0.3 is 0 Å². The molecule has 1 aromatic heterocycles. The number of halogens is 2. The van der Waals surface area contributed by atoms with Crippen molar-refractivity contribution >= 4 is 11.8 Å². The molecule has 1 aliphatic carbocycles. The van der Waals surface area contributed by atoms with Crippen molar-refractivity contribution in [3.63, 3.8) is 0 Å². The Morgan fingerprint density at radius 2 is 1.90 bits per heavy atom. The van der Waals surface area contributed by atoms with Gasteiger partial charge in [0.05, 0.1) is 12.3 Å². The molecule has 0 bridgehead atoms. The number of alkyl halides is 2. The maximum atomic E-state index is 12.1. The van der Waals surface area contributed by atoms with Crippen LogP contribution >= 0.6 is 11.8 Å². The molecule has 2 atom stereocenters. The lowest BCUT2D eigenvalue weighted by Crippen LogP contribution is -2.16. The Morgan fingerprint density at radius 3 is 2.67 bits per heavy atom. The van der Waals surface area contributed by atoms with E-state index in [0.29, 0.717) is 36.0 Å². The highest BCUT2D eigenvalue weighted by atomic mass is 32.2. The van der Waals surface area contributed by atoms with Crippen LogP contribution in [-0.2, 0) is 12.3 Å². The van der Waals surface area contributed by atoms with E-state index in [1.165, 1.54) is 5.56 Å². The van der Waals surface area contributed by atoms with E-state index in [0.717, 1.165) is 12.2 Å². The molecule has 1 aromatic carbocycles. The minimum atomic E-state index is -2.35. The van der Waals surface area contributed by atoms with Crippen LogP contribution in [0.1, 0.15) is 29.4 Å². The van der Waals surface area contributed by atoms with Crippen LogP contribution in [0.2, 0.25) is 0 Å². The van der Waals surface area contributed by atoms with Crippen LogP contribution in [0.15, 0.2) is 46.9 Å². The van der Waals surface area contributed by atoms with Gasteiger partial charge in [0.15, 0.2) is 0 Å². The van der Waals surface area contributed by atoms with Gasteiger partial charge in [0.25, 0.3) is 5.76 Å². The van der Waals surface area contributed by atoms with Gasteiger partial charge in [0.2, 0.25) is 0 Å². The first-order chi connectivity index (χ1) is 10.2. The van der Waals surface area contributed by atoms with E-state index in [1.807, 2.05) is 12.1 Å². The molecule has 5 heteroatoms. The monoisotopic (exact) mass is 309 g/mol. The van der Waals surface area contributed by atoms with Crippen molar-refractivity contribution in [2.24, 2.45) is 0 Å². The fraction of sp³-hybridized carbons (Fsp3) is 0.375. The molecule has 2 unspecified atom stereocenters. The van der Waals surface area contributed by atoms with Crippen LogP contribution in [0.25, 0.3) is 0 Å². The molecule has 3 rings (SSSR count). The van der Waals surface area contributed by atoms with Crippen molar-refractivity contribution in [1.29, 1.82) is 0 Å². The van der Waals surface area contributed by atoms with Crippen LogP contribution in [0.4, 0.5) is 8.78 Å². The van der Waals surface area contributed by atoms with Crippen molar-refractivity contribution in [1.82, 2.24) is 5.32 Å². The summed E-state index contributed by atoms with van der Waals surface area (Å²) in [7, 11) is 0. The lowest BCUT2D eigenvalue weighted by molar-refractivity contribution is 0.251. The fourth-order valence-electron chi connectivity index (χ4n) is 2.46. The predicted octanol–water partition coefficient (Wildman–Crippen LogP) is 4.38. The molecule has 1 saturated carbocycles. The summed E-state index contributed by atoms with van der Waals surface area (Å²) in [5, 5.41) is 3.45. The van der Waals surface area contributed by atoms with Crippen LogP contribution in [0.3, 0.4) is 0 Å². The SMILES string of the molecule is FC(F)SCc1ccc(CNC2CC2c2ccccc2)o1. The lowest BCUT2D eigenvalue weighted by Gasteiger charge is -2.02. The van der Waals surface area contributed by atoms with E-state index >= 15 is 0 Å². The number of nitrogens with one attached hydrogen (secondary N) is 1. The normalized spacial score (nSPS) is 20.9. The third-order valence-corrected chi connectivity index (χ3v) is 4.33. The van der Waals surface area contributed by atoms with Crippen LogP contribution in [0, 0.1) is 0 Å². The van der Waals surface area contributed by atoms with E-state index in [-0.39, 0.29) is 5.75 Å². The number of rotatable bonds is 7. The molecule has 1 heterocycles. The van der Waals surface area contributed by atoms with Crippen LogP contribution in [-0.4, -0.2) is 11.8 Å². The maximum absolute atomic E-state index is 12.1. The Labute approximate surface area is 126 Å². The van der Waals surface area contributed by atoms with E-state index in [4.69, 9.17) is 4.42 Å². The second-order valence-electron chi connectivity index (χ2n) is 5.18. The fourth-order valence-corrected chi connectivity index (χ4v) is 2.91. The van der Waals surface area contributed by atoms with Gasteiger partial charge in [-0.1, -0.05) is 42.1 Å². The maximum Gasteiger partial charge on any atom is 0.284 e. The number of thioether (sulfide) groups is 1. The molecule has 1 N–H and O–H groups in total. The molecule has 0 spiro atoms. The van der Waals surface area contributed by atoms with Gasteiger partial charge in [0.1, 0.15) is 11.5 Å². The van der Waals surface area contributed by atoms with Gasteiger partial charge in [-0.25, -0.2) is 0 Å². The second kappa shape index (κ2) is 6.62. The summed E-state index contributed by atoms with van der Waals surface area (Å²) >= 11 is 0.585. The molecule has 1 aliphatic rings. The second-order valence-corrected chi connectivity index (χ2v) is 6.16. The average molecular weight is 309 g/mol. The summed E-state index contributed by atoms with van der Waals surface area (Å²) in [5.74, 6) is -0.149. The Morgan fingerprint density at radius 1 is 1.14 bits per heavy atom. The lowest BCUT2D eigenvalue weighted by atomic mass is 10.1. The first-order valence-corrected chi connectivity index (χ1v) is 8.03. The topological polar surface area (TPSA) is 25.2 Å². The molecule has 2 nitrogen and oxygen atoms in total. The predicted molar refractivity (Wildman–Crippen MR) is 80.4 cm³/mol. The molecular formula is C16H17F2NOS. The number of hydrogen-bond acceptors (Lipinski definition) is 3. The highest BCUT2D eigenvalue weighted by Gasteiger charge is 2.37. The van der Waals surface area contributed by atoms with Gasteiger partial charge < -0.3 is 9.73 Å². The Hall–Kier alpha value is -1.33. The Balaban J connectivity index is 1.44. The minimum Gasteiger partial charge on any atom is -0.464 e. The van der Waals surface area contributed by atoms with E-state index < -0.39 is 5.76 Å². The number of hydrogen-bond donors (Lipinski definition) is 1. The molecule has 21 heavy (non-hydrogen) atoms. The van der Waals surface area contributed by atoms with Gasteiger partial charge in [0, 0.05) is 12.0 Å². The summed E-state index contributed by atoms with van der Waals surface area (Å²) in [4.78, 5) is 0. The van der Waals surface area contributed by atoms with Gasteiger partial charge in [-0.2, -0.15) is 8.78 Å². The molecule has 0 saturated heterocycles. The molecule has 2 aromatic rings. The first kappa shape index (κ1) is 14.6. The molecule has 0 aliphatic heterocycles. The smallest absolute Gasteiger partial charge is 0.284 e. The van der Waals surface area contributed by atoms with Crippen molar-refractivity contribution in [2.75, 3.05) is 0 Å². The highest BCUT2D eigenvalue weighted by Crippen LogP contribution is 2.40. The van der Waals surface area contributed by atoms with Crippen LogP contribution < -0.4 is 5.32 Å². The number of benzene rings is 1. The average Bonchev–Trinajstić information content (AvgIpc) is 3.13. The van der Waals surface area contributed by atoms with Crippen LogP contribution in [0.5, 0.6) is 0 Å². The van der Waals surface area contributed by atoms with E-state index in [1.54, 1.807) is 6.07 Å². The highest BCUT2D eigenvalue weighted by molar-refractivity contribution is 7.98. The van der Waals surface area contributed by atoms with Gasteiger partial charge in [-0.15, -0.1) is 0 Å². The molecule has 0 radical (unpaired) electrons. The molecule has 112 valence electrons. The summed E-state index contributed by atoms with van der Waals surface area (Å²) in [5.41, 5.74) is 1.36. The largest absolute Gasteiger partial charge is 0.464 e. The standard InChI is InChI=1S/C16H17F2NOS/c17-16(18)21-10-13-7-6-12(20-13)9-19-15-8-14(15)11-4-2-1-3-5-11/h1-7,14-16,19H,8-10H2. The third kappa shape index (κ3) is 4.08. The molecule has 0 amide bonds.